The first-order chi connectivity index (χ1) is 13.4. The maximum Gasteiger partial charge on any atom is 0.295 e. The second kappa shape index (κ2) is 8.47. The molecule has 0 saturated carbocycles. The van der Waals surface area contributed by atoms with Crippen molar-refractivity contribution in [2.45, 2.75) is 6.61 Å². The van der Waals surface area contributed by atoms with Crippen LogP contribution in [0.4, 0.5) is 10.1 Å². The third-order valence-corrected chi connectivity index (χ3v) is 4.38. The lowest BCUT2D eigenvalue weighted by Gasteiger charge is -2.12. The Morgan fingerprint density at radius 1 is 1.36 bits per heavy atom. The van der Waals surface area contributed by atoms with Crippen molar-refractivity contribution < 1.29 is 23.2 Å². The number of carbonyl (C=O) groups is 1. The molecule has 10 heteroatoms. The number of halogens is 3. The van der Waals surface area contributed by atoms with Crippen LogP contribution in [0.15, 0.2) is 41.0 Å². The number of pyridine rings is 1. The molecule has 0 unspecified atom stereocenters. The fraction of sp³-hybridized carbons (Fsp3) is 0.111. The van der Waals surface area contributed by atoms with E-state index >= 15 is 0 Å². The number of hydrogen-bond acceptors (Lipinski definition) is 6. The summed E-state index contributed by atoms with van der Waals surface area (Å²) in [6.07, 6.45) is 1.47. The second-order valence-corrected chi connectivity index (χ2v) is 6.29. The number of carbonyl (C=O) groups excluding carboxylic acids is 1. The first kappa shape index (κ1) is 19.9. The summed E-state index contributed by atoms with van der Waals surface area (Å²) in [5.74, 6) is -1.15. The number of hydrogen-bond donors (Lipinski definition) is 2. The quantitative estimate of drug-likeness (QED) is 0.572. The zero-order valence-corrected chi connectivity index (χ0v) is 16.0. The van der Waals surface area contributed by atoms with Gasteiger partial charge in [0.1, 0.15) is 12.4 Å². The highest BCUT2D eigenvalue weighted by Crippen LogP contribution is 2.36. The molecule has 0 spiro atoms. The van der Waals surface area contributed by atoms with Gasteiger partial charge in [0.25, 0.3) is 5.91 Å². The van der Waals surface area contributed by atoms with E-state index in [4.69, 9.17) is 42.9 Å². The molecule has 2 heterocycles. The third-order valence-electron chi connectivity index (χ3n) is 3.69. The van der Waals surface area contributed by atoms with Gasteiger partial charge < -0.3 is 14.9 Å². The molecule has 7 nitrogen and oxygen atoms in total. The lowest BCUT2D eigenvalue weighted by atomic mass is 10.1. The zero-order valence-electron chi connectivity index (χ0n) is 14.5. The first-order valence-electron chi connectivity index (χ1n) is 7.85. The highest BCUT2D eigenvalue weighted by atomic mass is 35.5. The fourth-order valence-electron chi connectivity index (χ4n) is 2.37. The molecule has 0 aliphatic rings. The second-order valence-electron chi connectivity index (χ2n) is 5.50. The van der Waals surface area contributed by atoms with Gasteiger partial charge in [0.15, 0.2) is 17.3 Å². The number of nitrogens with two attached hydrogens (primary N) is 1. The van der Waals surface area contributed by atoms with E-state index in [1.54, 1.807) is 12.1 Å². The molecule has 0 atom stereocenters. The van der Waals surface area contributed by atoms with Crippen molar-refractivity contribution in [1.82, 2.24) is 10.5 Å². The number of nitrogens with zero attached hydrogens (tertiary/aromatic N) is 1. The molecule has 146 valence electrons. The number of anilines is 1. The van der Waals surface area contributed by atoms with Gasteiger partial charge in [0, 0.05) is 5.56 Å². The number of aromatic nitrogens is 1. The minimum atomic E-state index is -0.758. The van der Waals surface area contributed by atoms with Gasteiger partial charge in [-0.15, -0.1) is 0 Å². The number of rotatable bonds is 6. The molecule has 0 fully saturated rings. The number of ether oxygens (including phenoxy) is 1. The molecule has 3 rings (SSSR count). The van der Waals surface area contributed by atoms with Gasteiger partial charge in [0.05, 0.1) is 34.8 Å². The number of hydroxylamine groups is 1. The molecule has 3 N–H and O–H groups in total. The SMILES string of the molecule is COc1c(Cl)ccc(-c2cc(N)c(Cl)c(C(=O)NOCc3ccco3)n2)c1F. The van der Waals surface area contributed by atoms with Crippen molar-refractivity contribution in [3.8, 4) is 17.0 Å². The Labute approximate surface area is 169 Å². The molecule has 0 saturated heterocycles. The summed E-state index contributed by atoms with van der Waals surface area (Å²) in [7, 11) is 1.28. The highest BCUT2D eigenvalue weighted by Gasteiger charge is 2.21. The molecule has 28 heavy (non-hydrogen) atoms. The van der Waals surface area contributed by atoms with Crippen LogP contribution in [-0.2, 0) is 11.4 Å². The molecular weight excluding hydrogens is 412 g/mol. The summed E-state index contributed by atoms with van der Waals surface area (Å²) in [6, 6.07) is 7.53. The predicted octanol–water partition coefficient (Wildman–Crippen LogP) is 4.24. The lowest BCUT2D eigenvalue weighted by molar-refractivity contribution is 0.0169. The Kier molecular flexibility index (Phi) is 6.03. The number of methoxy groups -OCH3 is 1. The van der Waals surface area contributed by atoms with Gasteiger partial charge in [-0.25, -0.2) is 14.9 Å². The summed E-state index contributed by atoms with van der Waals surface area (Å²) >= 11 is 12.0. The van der Waals surface area contributed by atoms with Gasteiger partial charge in [-0.1, -0.05) is 23.2 Å². The van der Waals surface area contributed by atoms with E-state index < -0.39 is 11.7 Å². The lowest BCUT2D eigenvalue weighted by Crippen LogP contribution is -2.25. The number of nitrogens with one attached hydrogen (secondary N) is 1. The minimum absolute atomic E-state index is 0.00541. The number of amides is 1. The molecule has 0 aliphatic carbocycles. The van der Waals surface area contributed by atoms with Crippen LogP contribution in [0.25, 0.3) is 11.3 Å². The topological polar surface area (TPSA) is 99.6 Å². The normalized spacial score (nSPS) is 10.7. The Hall–Kier alpha value is -2.81. The molecule has 0 radical (unpaired) electrons. The molecule has 2 aromatic heterocycles. The number of benzene rings is 1. The maximum absolute atomic E-state index is 14.7. The van der Waals surface area contributed by atoms with Crippen LogP contribution >= 0.6 is 23.2 Å². The van der Waals surface area contributed by atoms with Crippen LogP contribution in [0.1, 0.15) is 16.2 Å². The average molecular weight is 426 g/mol. The van der Waals surface area contributed by atoms with E-state index in [1.165, 1.54) is 31.6 Å². The van der Waals surface area contributed by atoms with Gasteiger partial charge in [-0.05, 0) is 30.3 Å². The van der Waals surface area contributed by atoms with E-state index in [0.717, 1.165) is 0 Å². The molecule has 3 aromatic rings. The standard InChI is InChI=1S/C18H14Cl2FN3O4/c1-26-17-11(19)5-4-10(15(17)21)13-7-12(22)14(20)16(23-13)18(25)24-28-8-9-3-2-6-27-9/h2-7H,8H2,1H3,(H2,22,23)(H,24,25). The smallest absolute Gasteiger partial charge is 0.295 e. The molecule has 0 bridgehead atoms. The largest absolute Gasteiger partial charge is 0.492 e. The van der Waals surface area contributed by atoms with Crippen molar-refractivity contribution in [3.05, 3.63) is 63.9 Å². The predicted molar refractivity (Wildman–Crippen MR) is 102 cm³/mol. The Morgan fingerprint density at radius 2 is 2.14 bits per heavy atom. The minimum Gasteiger partial charge on any atom is -0.492 e. The molecular formula is C18H14Cl2FN3O4. The van der Waals surface area contributed by atoms with Gasteiger partial charge >= 0.3 is 0 Å². The number of furan rings is 1. The summed E-state index contributed by atoms with van der Waals surface area (Å²) < 4.78 is 24.7. The fourth-order valence-corrected chi connectivity index (χ4v) is 2.78. The monoisotopic (exact) mass is 425 g/mol. The van der Waals surface area contributed by atoms with Crippen molar-refractivity contribution in [3.63, 3.8) is 0 Å². The van der Waals surface area contributed by atoms with Gasteiger partial charge in [-0.3, -0.25) is 9.63 Å². The van der Waals surface area contributed by atoms with E-state index in [-0.39, 0.29) is 45.0 Å². The van der Waals surface area contributed by atoms with Gasteiger partial charge in [0.2, 0.25) is 0 Å². The number of nitrogen functional groups attached to an aromatic ring is 1. The van der Waals surface area contributed by atoms with E-state index in [0.29, 0.717) is 5.76 Å². The third kappa shape index (κ3) is 4.04. The maximum atomic E-state index is 14.7. The van der Waals surface area contributed by atoms with Crippen LogP contribution in [0.5, 0.6) is 5.75 Å². The van der Waals surface area contributed by atoms with E-state index in [1.807, 2.05) is 0 Å². The summed E-state index contributed by atoms with van der Waals surface area (Å²) in [6.45, 7) is -0.00541. The van der Waals surface area contributed by atoms with Crippen LogP contribution in [0, 0.1) is 5.82 Å². The average Bonchev–Trinajstić information content (AvgIpc) is 3.18. The summed E-state index contributed by atoms with van der Waals surface area (Å²) in [5.41, 5.74) is 7.97. The molecule has 1 amide bonds. The van der Waals surface area contributed by atoms with Crippen molar-refractivity contribution in [2.75, 3.05) is 12.8 Å². The zero-order chi connectivity index (χ0) is 20.3. The van der Waals surface area contributed by atoms with Crippen LogP contribution in [0.2, 0.25) is 10.0 Å². The highest BCUT2D eigenvalue weighted by molar-refractivity contribution is 6.36. The van der Waals surface area contributed by atoms with Crippen LogP contribution < -0.4 is 16.0 Å². The van der Waals surface area contributed by atoms with Crippen LogP contribution in [-0.4, -0.2) is 18.0 Å². The van der Waals surface area contributed by atoms with Crippen molar-refractivity contribution in [2.24, 2.45) is 0 Å². The molecule has 1 aromatic carbocycles. The molecule has 0 aliphatic heterocycles. The van der Waals surface area contributed by atoms with Crippen LogP contribution in [0.3, 0.4) is 0 Å². The summed E-state index contributed by atoms with van der Waals surface area (Å²) in [4.78, 5) is 21.6. The Bertz CT molecular complexity index is 1010. The van der Waals surface area contributed by atoms with E-state index in [9.17, 15) is 9.18 Å². The summed E-state index contributed by atoms with van der Waals surface area (Å²) in [5, 5.41) is -0.000775. The first-order valence-corrected chi connectivity index (χ1v) is 8.60. The van der Waals surface area contributed by atoms with Crippen molar-refractivity contribution in [1.29, 1.82) is 0 Å². The Balaban J connectivity index is 1.89. The van der Waals surface area contributed by atoms with Gasteiger partial charge in [-0.2, -0.15) is 0 Å². The van der Waals surface area contributed by atoms with E-state index in [2.05, 4.69) is 10.5 Å². The Morgan fingerprint density at radius 3 is 2.82 bits per heavy atom. The van der Waals surface area contributed by atoms with Crippen molar-refractivity contribution >= 4 is 34.8 Å².